The molecule has 2 fully saturated rings. The molecule has 0 aliphatic carbocycles. The molecule has 10 heteroatoms. The monoisotopic (exact) mass is 442 g/mol. The summed E-state index contributed by atoms with van der Waals surface area (Å²) < 4.78 is 5.20. The number of piperidine rings is 1. The third-order valence-corrected chi connectivity index (χ3v) is 6.05. The predicted octanol–water partition coefficient (Wildman–Crippen LogP) is 1.03. The number of hydrogen-bond donors (Lipinski definition) is 1. The van der Waals surface area contributed by atoms with Gasteiger partial charge in [-0.3, -0.25) is 29.4 Å². The van der Waals surface area contributed by atoms with E-state index in [2.05, 4.69) is 5.32 Å². The maximum atomic E-state index is 13.0. The third-order valence-electron chi connectivity index (χ3n) is 6.05. The minimum atomic E-state index is -0.717. The van der Waals surface area contributed by atoms with E-state index in [-0.39, 0.29) is 50.2 Å². The molecule has 1 aromatic carbocycles. The summed E-state index contributed by atoms with van der Waals surface area (Å²) in [7, 11) is 0. The van der Waals surface area contributed by atoms with Crippen LogP contribution in [0.25, 0.3) is 0 Å². The second-order valence-corrected chi connectivity index (χ2v) is 8.14. The van der Waals surface area contributed by atoms with Crippen LogP contribution in [0.15, 0.2) is 18.2 Å². The number of nitrogens with one attached hydrogen (secondary N) is 1. The fourth-order valence-electron chi connectivity index (χ4n) is 4.30. The van der Waals surface area contributed by atoms with Crippen molar-refractivity contribution in [1.29, 1.82) is 0 Å². The van der Waals surface area contributed by atoms with Crippen molar-refractivity contribution < 1.29 is 28.7 Å². The van der Waals surface area contributed by atoms with Crippen LogP contribution in [0.5, 0.6) is 0 Å². The lowest BCUT2D eigenvalue weighted by atomic mass is 10.0. The van der Waals surface area contributed by atoms with Gasteiger partial charge in [-0.2, -0.15) is 0 Å². The zero-order chi connectivity index (χ0) is 22.8. The van der Waals surface area contributed by atoms with E-state index >= 15 is 0 Å². The Kier molecular flexibility index (Phi) is 6.11. The van der Waals surface area contributed by atoms with Crippen LogP contribution in [-0.2, 0) is 25.7 Å². The highest BCUT2D eigenvalue weighted by molar-refractivity contribution is 6.07. The van der Waals surface area contributed by atoms with Crippen molar-refractivity contribution in [2.24, 2.45) is 0 Å². The van der Waals surface area contributed by atoms with Crippen molar-refractivity contribution >= 4 is 35.4 Å². The number of piperazine rings is 1. The second kappa shape index (κ2) is 8.97. The van der Waals surface area contributed by atoms with Crippen LogP contribution >= 0.6 is 0 Å². The Hall–Kier alpha value is -3.43. The van der Waals surface area contributed by atoms with Gasteiger partial charge in [0.1, 0.15) is 12.6 Å². The summed E-state index contributed by atoms with van der Waals surface area (Å²) in [6.07, 6.45) is 1.64. The van der Waals surface area contributed by atoms with Crippen molar-refractivity contribution in [2.75, 3.05) is 31.1 Å². The molecule has 1 atom stereocenters. The molecule has 0 bridgehead atoms. The Morgan fingerprint density at radius 1 is 1.16 bits per heavy atom. The van der Waals surface area contributed by atoms with Crippen molar-refractivity contribution in [3.05, 3.63) is 29.3 Å². The highest BCUT2D eigenvalue weighted by Crippen LogP contribution is 2.34. The number of nitrogens with zero attached hydrogens (tertiary/aromatic N) is 3. The molecule has 1 N–H and O–H groups in total. The Balaban J connectivity index is 1.48. The summed E-state index contributed by atoms with van der Waals surface area (Å²) in [5.41, 5.74) is 1.73. The molecule has 5 amide bonds. The first kappa shape index (κ1) is 21.8. The minimum absolute atomic E-state index is 0.0978. The molecule has 170 valence electrons. The number of benzene rings is 1. The van der Waals surface area contributed by atoms with E-state index in [4.69, 9.17) is 4.74 Å². The molecule has 0 spiro atoms. The van der Waals surface area contributed by atoms with E-state index in [1.54, 1.807) is 23.1 Å². The number of ether oxygens (including phenoxy) is 1. The predicted molar refractivity (Wildman–Crippen MR) is 113 cm³/mol. The van der Waals surface area contributed by atoms with E-state index in [1.807, 2.05) is 6.92 Å². The highest BCUT2D eigenvalue weighted by atomic mass is 16.6. The van der Waals surface area contributed by atoms with Gasteiger partial charge >= 0.3 is 6.09 Å². The lowest BCUT2D eigenvalue weighted by molar-refractivity contribution is -0.137. The maximum Gasteiger partial charge on any atom is 0.410 e. The van der Waals surface area contributed by atoms with E-state index in [9.17, 15) is 24.0 Å². The molecule has 2 saturated heterocycles. The SMILES string of the molecule is CCCCOC(=O)N1CCN(c2cccc3c2CN(C2CCC(=O)NC2=O)C3=O)C(=O)C1. The average Bonchev–Trinajstić information content (AvgIpc) is 3.10. The van der Waals surface area contributed by atoms with Gasteiger partial charge < -0.3 is 14.5 Å². The number of rotatable bonds is 5. The van der Waals surface area contributed by atoms with Gasteiger partial charge in [-0.15, -0.1) is 0 Å². The molecule has 1 aromatic rings. The molecule has 0 aromatic heterocycles. The summed E-state index contributed by atoms with van der Waals surface area (Å²) in [5, 5.41) is 2.29. The van der Waals surface area contributed by atoms with Gasteiger partial charge in [0.05, 0.1) is 6.61 Å². The van der Waals surface area contributed by atoms with Gasteiger partial charge in [-0.05, 0) is 25.0 Å². The van der Waals surface area contributed by atoms with Crippen molar-refractivity contribution in [3.8, 4) is 0 Å². The average molecular weight is 442 g/mol. The van der Waals surface area contributed by atoms with Gasteiger partial charge in [0.25, 0.3) is 5.91 Å². The van der Waals surface area contributed by atoms with E-state index in [0.29, 0.717) is 30.0 Å². The van der Waals surface area contributed by atoms with Gasteiger partial charge in [-0.25, -0.2) is 4.79 Å². The van der Waals surface area contributed by atoms with Gasteiger partial charge in [0.15, 0.2) is 0 Å². The molecular weight excluding hydrogens is 416 g/mol. The summed E-state index contributed by atoms with van der Waals surface area (Å²) in [6.45, 7) is 3.02. The standard InChI is InChI=1S/C22H26N4O6/c1-2-3-11-32-22(31)24-9-10-25(19(28)13-24)16-6-4-5-14-15(16)12-26(21(14)30)17-7-8-18(27)23-20(17)29/h4-6,17H,2-3,7-13H2,1H3,(H,23,27,29). The number of fused-ring (bicyclic) bond motifs is 1. The summed E-state index contributed by atoms with van der Waals surface area (Å²) >= 11 is 0. The maximum absolute atomic E-state index is 13.0. The fraction of sp³-hybridized carbons (Fsp3) is 0.500. The van der Waals surface area contributed by atoms with Crippen LogP contribution in [0.1, 0.15) is 48.5 Å². The van der Waals surface area contributed by atoms with Gasteiger partial charge in [-0.1, -0.05) is 19.4 Å². The van der Waals surface area contributed by atoms with Crippen LogP contribution in [0, 0.1) is 0 Å². The van der Waals surface area contributed by atoms with E-state index in [0.717, 1.165) is 12.8 Å². The zero-order valence-corrected chi connectivity index (χ0v) is 18.0. The Labute approximate surface area is 185 Å². The van der Waals surface area contributed by atoms with Crippen LogP contribution in [0.3, 0.4) is 0 Å². The fourth-order valence-corrected chi connectivity index (χ4v) is 4.30. The lowest BCUT2D eigenvalue weighted by Crippen LogP contribution is -2.53. The molecule has 0 radical (unpaired) electrons. The zero-order valence-electron chi connectivity index (χ0n) is 18.0. The molecule has 32 heavy (non-hydrogen) atoms. The quantitative estimate of drug-likeness (QED) is 0.538. The third kappa shape index (κ3) is 4.04. The Bertz CT molecular complexity index is 977. The highest BCUT2D eigenvalue weighted by Gasteiger charge is 2.41. The number of carbonyl (C=O) groups excluding carboxylic acids is 5. The largest absolute Gasteiger partial charge is 0.449 e. The second-order valence-electron chi connectivity index (χ2n) is 8.14. The molecule has 3 heterocycles. The number of carbonyl (C=O) groups is 5. The molecule has 1 unspecified atom stereocenters. The topological polar surface area (TPSA) is 116 Å². The molecule has 0 saturated carbocycles. The molecule has 4 rings (SSSR count). The first-order valence-corrected chi connectivity index (χ1v) is 10.9. The van der Waals surface area contributed by atoms with Crippen molar-refractivity contribution in [1.82, 2.24) is 15.1 Å². The Morgan fingerprint density at radius 2 is 1.97 bits per heavy atom. The van der Waals surface area contributed by atoms with E-state index < -0.39 is 18.0 Å². The first-order chi connectivity index (χ1) is 15.4. The number of hydrogen-bond acceptors (Lipinski definition) is 6. The smallest absolute Gasteiger partial charge is 0.410 e. The Morgan fingerprint density at radius 3 is 2.69 bits per heavy atom. The van der Waals surface area contributed by atoms with Crippen LogP contribution in [-0.4, -0.2) is 71.8 Å². The van der Waals surface area contributed by atoms with Crippen LogP contribution in [0.4, 0.5) is 10.5 Å². The summed E-state index contributed by atoms with van der Waals surface area (Å²) in [5.74, 6) is -1.37. The minimum Gasteiger partial charge on any atom is -0.449 e. The molecule has 3 aliphatic rings. The first-order valence-electron chi connectivity index (χ1n) is 10.9. The molecule has 3 aliphatic heterocycles. The summed E-state index contributed by atoms with van der Waals surface area (Å²) in [6, 6.07) is 4.44. The van der Waals surface area contributed by atoms with Gasteiger partial charge in [0, 0.05) is 42.9 Å². The normalized spacial score (nSPS) is 21.0. The van der Waals surface area contributed by atoms with Gasteiger partial charge in [0.2, 0.25) is 17.7 Å². The number of unbranched alkanes of at least 4 members (excludes halogenated alkanes) is 1. The number of anilines is 1. The van der Waals surface area contributed by atoms with Crippen molar-refractivity contribution in [2.45, 2.75) is 45.2 Å². The molecule has 10 nitrogen and oxygen atoms in total. The number of imide groups is 1. The van der Waals surface area contributed by atoms with Crippen LogP contribution in [0.2, 0.25) is 0 Å². The van der Waals surface area contributed by atoms with Crippen LogP contribution < -0.4 is 10.2 Å². The lowest BCUT2D eigenvalue weighted by Gasteiger charge is -2.34. The molecular formula is C22H26N4O6. The van der Waals surface area contributed by atoms with E-state index in [1.165, 1.54) is 9.80 Å². The van der Waals surface area contributed by atoms with Crippen molar-refractivity contribution in [3.63, 3.8) is 0 Å². The summed E-state index contributed by atoms with van der Waals surface area (Å²) in [4.78, 5) is 66.2. The number of amides is 5.